The van der Waals surface area contributed by atoms with Gasteiger partial charge in [0, 0.05) is 6.92 Å². The largest absolute Gasteiger partial charge is 0.347 e. The molecule has 0 saturated heterocycles. The maximum atomic E-state index is 10.2. The molecular weight excluding hydrogens is 134 g/mol. The van der Waals surface area contributed by atoms with Gasteiger partial charge in [-0.2, -0.15) is 5.06 Å². The summed E-state index contributed by atoms with van der Waals surface area (Å²) in [6, 6.07) is 0. The van der Waals surface area contributed by atoms with Gasteiger partial charge >= 0.3 is 12.4 Å². The zero-order valence-corrected chi connectivity index (χ0v) is 6.09. The van der Waals surface area contributed by atoms with Gasteiger partial charge in [0.25, 0.3) is 0 Å². The minimum absolute atomic E-state index is 0.392. The molecule has 0 aliphatic carbocycles. The number of rotatable bonds is 4. The van der Waals surface area contributed by atoms with Gasteiger partial charge in [0.05, 0.1) is 6.54 Å². The van der Waals surface area contributed by atoms with Crippen LogP contribution in [0.4, 0.5) is 0 Å². The molecule has 4 nitrogen and oxygen atoms in total. The monoisotopic (exact) mass is 144 g/mol. The minimum Gasteiger partial charge on any atom is -0.338 e. The van der Waals surface area contributed by atoms with Crippen molar-refractivity contribution in [3.05, 3.63) is 0 Å². The third kappa shape index (κ3) is 3.88. The van der Waals surface area contributed by atoms with Crippen LogP contribution in [0.3, 0.4) is 0 Å². The molecule has 0 aromatic rings. The van der Waals surface area contributed by atoms with E-state index in [0.717, 1.165) is 11.5 Å². The molecule has 0 aliphatic heterocycles. The summed E-state index contributed by atoms with van der Waals surface area (Å²) in [5.74, 6) is -0.503. The van der Waals surface area contributed by atoms with Crippen molar-refractivity contribution in [1.29, 1.82) is 0 Å². The second kappa shape index (κ2) is 4.78. The van der Waals surface area contributed by atoms with Crippen LogP contribution in [0, 0.1) is 0 Å². The SMILES string of the molecule is CCCN([C]=O)OC(C)=O. The van der Waals surface area contributed by atoms with Crippen LogP contribution in [0.1, 0.15) is 20.3 Å². The number of carbonyl (C=O) groups is 1. The van der Waals surface area contributed by atoms with Crippen molar-refractivity contribution in [2.75, 3.05) is 6.54 Å². The van der Waals surface area contributed by atoms with Crippen LogP contribution in [0.2, 0.25) is 0 Å². The molecule has 0 heterocycles. The van der Waals surface area contributed by atoms with E-state index in [1.807, 2.05) is 6.92 Å². The first-order valence-corrected chi connectivity index (χ1v) is 3.04. The summed E-state index contributed by atoms with van der Waals surface area (Å²) in [7, 11) is 0. The molecule has 0 rings (SSSR count). The summed E-state index contributed by atoms with van der Waals surface area (Å²) < 4.78 is 0. The molecule has 0 saturated carbocycles. The Kier molecular flexibility index (Phi) is 4.28. The van der Waals surface area contributed by atoms with E-state index in [4.69, 9.17) is 0 Å². The van der Waals surface area contributed by atoms with Gasteiger partial charge in [0.1, 0.15) is 0 Å². The molecule has 0 atom stereocenters. The molecule has 0 bridgehead atoms. The fraction of sp³-hybridized carbons (Fsp3) is 0.667. The van der Waals surface area contributed by atoms with Crippen LogP contribution < -0.4 is 0 Å². The molecule has 0 fully saturated rings. The molecule has 10 heavy (non-hydrogen) atoms. The molecule has 1 radical (unpaired) electrons. The van der Waals surface area contributed by atoms with E-state index in [1.54, 1.807) is 0 Å². The lowest BCUT2D eigenvalue weighted by molar-refractivity contribution is -0.170. The predicted octanol–water partition coefficient (Wildman–Crippen LogP) is 0.244. The lowest BCUT2D eigenvalue weighted by atomic mass is 10.5. The Morgan fingerprint density at radius 2 is 2.30 bits per heavy atom. The van der Waals surface area contributed by atoms with Gasteiger partial charge in [0.15, 0.2) is 0 Å². The van der Waals surface area contributed by atoms with Crippen molar-refractivity contribution in [1.82, 2.24) is 5.06 Å². The summed E-state index contributed by atoms with van der Waals surface area (Å²) in [4.78, 5) is 24.6. The molecule has 0 spiro atoms. The Morgan fingerprint density at radius 1 is 1.70 bits per heavy atom. The van der Waals surface area contributed by atoms with Gasteiger partial charge in [-0.3, -0.25) is 9.59 Å². The number of hydrogen-bond donors (Lipinski definition) is 0. The van der Waals surface area contributed by atoms with E-state index >= 15 is 0 Å². The minimum atomic E-state index is -0.503. The van der Waals surface area contributed by atoms with E-state index in [1.165, 1.54) is 13.3 Å². The van der Waals surface area contributed by atoms with E-state index in [2.05, 4.69) is 4.84 Å². The number of amides is 1. The van der Waals surface area contributed by atoms with Crippen molar-refractivity contribution >= 4 is 12.4 Å². The Labute approximate surface area is 59.7 Å². The van der Waals surface area contributed by atoms with Crippen LogP contribution in [-0.4, -0.2) is 24.0 Å². The maximum Gasteiger partial charge on any atom is 0.347 e. The smallest absolute Gasteiger partial charge is 0.338 e. The maximum absolute atomic E-state index is 10.2. The molecule has 0 aliphatic rings. The molecule has 0 N–H and O–H groups in total. The van der Waals surface area contributed by atoms with Crippen molar-refractivity contribution in [3.8, 4) is 0 Å². The molecule has 0 unspecified atom stereocenters. The predicted molar refractivity (Wildman–Crippen MR) is 34.5 cm³/mol. The average Bonchev–Trinajstić information content (AvgIpc) is 1.86. The van der Waals surface area contributed by atoms with E-state index in [-0.39, 0.29) is 0 Å². The fourth-order valence-corrected chi connectivity index (χ4v) is 0.468. The first kappa shape index (κ1) is 8.94. The summed E-state index contributed by atoms with van der Waals surface area (Å²) in [5, 5.41) is 0.850. The van der Waals surface area contributed by atoms with Gasteiger partial charge in [-0.05, 0) is 6.42 Å². The number of nitrogens with zero attached hydrogens (tertiary/aromatic N) is 1. The number of hydrogen-bond acceptors (Lipinski definition) is 3. The van der Waals surface area contributed by atoms with Gasteiger partial charge in [0.2, 0.25) is 0 Å². The molecule has 0 aromatic carbocycles. The van der Waals surface area contributed by atoms with Crippen molar-refractivity contribution in [2.24, 2.45) is 0 Å². The fourth-order valence-electron chi connectivity index (χ4n) is 0.468. The Balaban J connectivity index is 3.59. The number of hydroxylamine groups is 2. The second-order valence-corrected chi connectivity index (χ2v) is 1.78. The van der Waals surface area contributed by atoms with Crippen LogP contribution >= 0.6 is 0 Å². The number of carbonyl (C=O) groups excluding carboxylic acids is 2. The van der Waals surface area contributed by atoms with E-state index in [0.29, 0.717) is 6.54 Å². The van der Waals surface area contributed by atoms with E-state index < -0.39 is 5.97 Å². The quantitative estimate of drug-likeness (QED) is 0.419. The highest BCUT2D eigenvalue weighted by Gasteiger charge is 2.03. The Hall–Kier alpha value is -1.06. The lowest BCUT2D eigenvalue weighted by Crippen LogP contribution is -2.25. The second-order valence-electron chi connectivity index (χ2n) is 1.78. The van der Waals surface area contributed by atoms with Crippen LogP contribution in [-0.2, 0) is 14.4 Å². The van der Waals surface area contributed by atoms with Crippen LogP contribution in [0.5, 0.6) is 0 Å². The highest BCUT2D eigenvalue weighted by Crippen LogP contribution is 1.88. The van der Waals surface area contributed by atoms with Gasteiger partial charge in [-0.1, -0.05) is 6.92 Å². The lowest BCUT2D eigenvalue weighted by Gasteiger charge is -2.11. The molecule has 0 aromatic heterocycles. The average molecular weight is 144 g/mol. The highest BCUT2D eigenvalue weighted by molar-refractivity contribution is 5.67. The Morgan fingerprint density at radius 3 is 2.60 bits per heavy atom. The first-order chi connectivity index (χ1) is 4.70. The third-order valence-corrected chi connectivity index (χ3v) is 0.767. The van der Waals surface area contributed by atoms with Crippen LogP contribution in [0.25, 0.3) is 0 Å². The first-order valence-electron chi connectivity index (χ1n) is 3.04. The molecule has 1 amide bonds. The third-order valence-electron chi connectivity index (χ3n) is 0.767. The summed E-state index contributed by atoms with van der Waals surface area (Å²) >= 11 is 0. The summed E-state index contributed by atoms with van der Waals surface area (Å²) in [5.41, 5.74) is 0. The van der Waals surface area contributed by atoms with Gasteiger partial charge in [-0.15, -0.1) is 0 Å². The van der Waals surface area contributed by atoms with Gasteiger partial charge < -0.3 is 4.84 Å². The van der Waals surface area contributed by atoms with Crippen molar-refractivity contribution in [3.63, 3.8) is 0 Å². The molecular formula is C6H10NO3. The van der Waals surface area contributed by atoms with Crippen LogP contribution in [0.15, 0.2) is 0 Å². The normalized spacial score (nSPS) is 8.60. The van der Waals surface area contributed by atoms with Crippen molar-refractivity contribution < 1.29 is 14.4 Å². The molecule has 57 valence electrons. The zero-order chi connectivity index (χ0) is 7.98. The van der Waals surface area contributed by atoms with E-state index in [9.17, 15) is 9.59 Å². The zero-order valence-electron chi connectivity index (χ0n) is 6.09. The standard InChI is InChI=1S/C6H10NO3/c1-3-4-7(5-8)10-6(2)9/h3-4H2,1-2H3. The van der Waals surface area contributed by atoms with Crippen molar-refractivity contribution in [2.45, 2.75) is 20.3 Å². The van der Waals surface area contributed by atoms with Gasteiger partial charge in [-0.25, -0.2) is 0 Å². The summed E-state index contributed by atoms with van der Waals surface area (Å²) in [6.45, 7) is 3.50. The summed E-state index contributed by atoms with van der Waals surface area (Å²) in [6.07, 6.45) is 2.21. The topological polar surface area (TPSA) is 46.6 Å². The molecule has 4 heteroatoms. The Bertz CT molecular complexity index is 124. The highest BCUT2D eigenvalue weighted by atomic mass is 16.7.